The fourth-order valence-corrected chi connectivity index (χ4v) is 13.0. The van der Waals surface area contributed by atoms with Crippen LogP contribution in [0.15, 0.2) is 230 Å². The first kappa shape index (κ1) is 41.4. The summed E-state index contributed by atoms with van der Waals surface area (Å²) < 4.78 is 0. The van der Waals surface area contributed by atoms with E-state index in [4.69, 9.17) is 0 Å². The van der Waals surface area contributed by atoms with Crippen LogP contribution in [0.5, 0.6) is 0 Å². The number of H-pyrrole nitrogens is 1. The van der Waals surface area contributed by atoms with Crippen LogP contribution in [0.4, 0.5) is 0 Å². The van der Waals surface area contributed by atoms with Gasteiger partial charge >= 0.3 is 0 Å². The molecule has 1 heterocycles. The van der Waals surface area contributed by atoms with Crippen molar-refractivity contribution < 1.29 is 0 Å². The smallest absolute Gasteiger partial charge is 0.0714 e. The number of nitrogens with one attached hydrogen (secondary N) is 1. The molecule has 10 aromatic rings. The van der Waals surface area contributed by atoms with E-state index < -0.39 is 5.41 Å². The molecule has 0 fully saturated rings. The largest absolute Gasteiger partial charge is 0.353 e. The lowest BCUT2D eigenvalue weighted by molar-refractivity contribution is 0.620. The number of hydrogen-bond acceptors (Lipinski definition) is 0. The zero-order chi connectivity index (χ0) is 46.3. The lowest BCUT2D eigenvalue weighted by Gasteiger charge is -2.33. The molecule has 69 heavy (non-hydrogen) atoms. The Bertz CT molecular complexity index is 3620. The Hall–Kier alpha value is -7.74. The summed E-state index contributed by atoms with van der Waals surface area (Å²) in [6, 6.07) is 79.6. The summed E-state index contributed by atoms with van der Waals surface area (Å²) in [6.07, 6.45) is 8.03. The van der Waals surface area contributed by atoms with Gasteiger partial charge in [-0.2, -0.15) is 0 Å². The minimum absolute atomic E-state index is 0.00950. The van der Waals surface area contributed by atoms with E-state index in [9.17, 15) is 0 Å². The average Bonchev–Trinajstić information content (AvgIpc) is 4.01. The molecule has 1 aromatic heterocycles. The standard InChI is InChI=1S/C68H55N/c1-44-42-49(53(48-34-32-47(33-35-48)46-18-7-4-8-19-46)37-30-45-31-38-55-54-24-13-15-28-60(54)67(2,3)63(55)43-45)36-39-52(44)56-26-17-27-57-58-40-41-62-64(66(58)69-65(56)57)59-25-14-16-29-61(59)68(62,50-20-9-5-10-21-50)51-22-11-6-12-23-51/h4-29,31-36,38-41,43-44,53,69H,30,37,42H2,1-3H3. The van der Waals surface area contributed by atoms with Gasteiger partial charge in [-0.1, -0.05) is 251 Å². The van der Waals surface area contributed by atoms with Gasteiger partial charge in [-0.3, -0.25) is 0 Å². The van der Waals surface area contributed by atoms with E-state index in [1.54, 1.807) is 0 Å². The van der Waals surface area contributed by atoms with Gasteiger partial charge in [0.2, 0.25) is 0 Å². The molecule has 1 nitrogen and oxygen atoms in total. The molecule has 0 amide bonds. The minimum Gasteiger partial charge on any atom is -0.353 e. The second kappa shape index (κ2) is 16.2. The normalized spacial score (nSPS) is 16.6. The molecule has 332 valence electrons. The third kappa shape index (κ3) is 6.44. The molecule has 2 unspecified atom stereocenters. The molecule has 1 N–H and O–H groups in total. The van der Waals surface area contributed by atoms with Gasteiger partial charge in [0.25, 0.3) is 0 Å². The van der Waals surface area contributed by atoms with E-state index in [0.717, 1.165) is 19.3 Å². The van der Waals surface area contributed by atoms with Crippen LogP contribution in [0.3, 0.4) is 0 Å². The molecular weight excluding hydrogens is 831 g/mol. The van der Waals surface area contributed by atoms with Crippen LogP contribution < -0.4 is 0 Å². The maximum Gasteiger partial charge on any atom is 0.0714 e. The summed E-state index contributed by atoms with van der Waals surface area (Å²) in [5.74, 6) is 0.636. The number of aromatic amines is 1. The molecule has 0 radical (unpaired) electrons. The van der Waals surface area contributed by atoms with Crippen LogP contribution >= 0.6 is 0 Å². The zero-order valence-electron chi connectivity index (χ0n) is 39.6. The SMILES string of the molecule is CC1CC(C(CCc2ccc3c(c2)C(C)(C)c2ccccc2-3)c2ccc(-c3ccccc3)cc2)=CC=C1c1cccc2c1[nH]c1c3c(ccc12)C(c1ccccc1)(c1ccccc1)c1ccccc1-3. The van der Waals surface area contributed by atoms with Crippen molar-refractivity contribution in [3.63, 3.8) is 0 Å². The Morgan fingerprint density at radius 3 is 1.83 bits per heavy atom. The van der Waals surface area contributed by atoms with E-state index in [0.29, 0.717) is 11.8 Å². The summed E-state index contributed by atoms with van der Waals surface area (Å²) in [5, 5.41) is 2.55. The second-order valence-corrected chi connectivity index (χ2v) is 20.4. The van der Waals surface area contributed by atoms with Crippen molar-refractivity contribution in [2.45, 2.75) is 56.8 Å². The molecule has 0 saturated heterocycles. The summed E-state index contributed by atoms with van der Waals surface area (Å²) in [7, 11) is 0. The number of fused-ring (bicyclic) bond motifs is 10. The van der Waals surface area contributed by atoms with Crippen molar-refractivity contribution >= 4 is 27.4 Å². The Balaban J connectivity index is 0.899. The van der Waals surface area contributed by atoms with Crippen LogP contribution in [-0.4, -0.2) is 4.98 Å². The van der Waals surface area contributed by atoms with Gasteiger partial charge in [0.15, 0.2) is 0 Å². The van der Waals surface area contributed by atoms with E-state index in [1.165, 1.54) is 116 Å². The highest BCUT2D eigenvalue weighted by molar-refractivity contribution is 6.16. The van der Waals surface area contributed by atoms with E-state index in [1.807, 2.05) is 0 Å². The summed E-state index contributed by atoms with van der Waals surface area (Å²) >= 11 is 0. The number of rotatable bonds is 9. The minimum atomic E-state index is -0.439. The third-order valence-electron chi connectivity index (χ3n) is 16.3. The number of para-hydroxylation sites is 1. The molecule has 3 aliphatic carbocycles. The molecule has 1 heteroatoms. The Morgan fingerprint density at radius 2 is 1.10 bits per heavy atom. The van der Waals surface area contributed by atoms with Gasteiger partial charge < -0.3 is 4.98 Å². The molecular formula is C68H55N. The van der Waals surface area contributed by atoms with Crippen LogP contribution in [0.2, 0.25) is 0 Å². The maximum absolute atomic E-state index is 4.13. The highest BCUT2D eigenvalue weighted by Crippen LogP contribution is 2.58. The topological polar surface area (TPSA) is 15.8 Å². The summed E-state index contributed by atoms with van der Waals surface area (Å²) in [4.78, 5) is 4.13. The van der Waals surface area contributed by atoms with Crippen molar-refractivity contribution in [3.05, 3.63) is 280 Å². The van der Waals surface area contributed by atoms with Crippen molar-refractivity contribution in [2.24, 2.45) is 5.92 Å². The van der Waals surface area contributed by atoms with Gasteiger partial charge in [-0.15, -0.1) is 0 Å². The Kier molecular flexibility index (Phi) is 9.74. The van der Waals surface area contributed by atoms with Gasteiger partial charge in [0, 0.05) is 33.2 Å². The fourth-order valence-electron chi connectivity index (χ4n) is 13.0. The zero-order valence-corrected chi connectivity index (χ0v) is 39.6. The molecule has 0 aliphatic heterocycles. The summed E-state index contributed by atoms with van der Waals surface area (Å²) in [5.41, 5.74) is 25.0. The first-order valence-corrected chi connectivity index (χ1v) is 25.0. The van der Waals surface area contributed by atoms with E-state index in [2.05, 4.69) is 250 Å². The number of hydrogen-bond donors (Lipinski definition) is 1. The number of allylic oxidation sites excluding steroid dienone is 4. The first-order chi connectivity index (χ1) is 33.9. The van der Waals surface area contributed by atoms with Gasteiger partial charge in [-0.05, 0) is 103 Å². The molecule has 0 bridgehead atoms. The highest BCUT2D eigenvalue weighted by Gasteiger charge is 2.47. The average molecular weight is 886 g/mol. The predicted octanol–water partition coefficient (Wildman–Crippen LogP) is 17.4. The Labute approximate surface area is 406 Å². The maximum atomic E-state index is 4.13. The monoisotopic (exact) mass is 885 g/mol. The molecule has 13 rings (SSSR count). The van der Waals surface area contributed by atoms with Crippen molar-refractivity contribution in [2.75, 3.05) is 0 Å². The predicted molar refractivity (Wildman–Crippen MR) is 290 cm³/mol. The van der Waals surface area contributed by atoms with Crippen LogP contribution in [0.1, 0.15) is 89.6 Å². The van der Waals surface area contributed by atoms with Crippen molar-refractivity contribution in [1.82, 2.24) is 4.98 Å². The van der Waals surface area contributed by atoms with Crippen LogP contribution in [0, 0.1) is 5.92 Å². The number of benzene rings is 9. The molecule has 0 spiro atoms. The lowest BCUT2D eigenvalue weighted by Crippen LogP contribution is -2.28. The van der Waals surface area contributed by atoms with Gasteiger partial charge in [-0.25, -0.2) is 0 Å². The van der Waals surface area contributed by atoms with Gasteiger partial charge in [0.05, 0.1) is 16.4 Å². The van der Waals surface area contributed by atoms with Crippen molar-refractivity contribution in [3.8, 4) is 33.4 Å². The van der Waals surface area contributed by atoms with Gasteiger partial charge in [0.1, 0.15) is 0 Å². The highest BCUT2D eigenvalue weighted by atomic mass is 14.7. The molecule has 3 aliphatic rings. The number of aromatic nitrogens is 1. The lowest BCUT2D eigenvalue weighted by atomic mass is 9.67. The third-order valence-corrected chi connectivity index (χ3v) is 16.3. The first-order valence-electron chi connectivity index (χ1n) is 25.0. The van der Waals surface area contributed by atoms with Crippen LogP contribution in [-0.2, 0) is 17.3 Å². The number of aryl methyl sites for hydroxylation is 1. The van der Waals surface area contributed by atoms with E-state index in [-0.39, 0.29) is 5.41 Å². The second-order valence-electron chi connectivity index (χ2n) is 20.4. The van der Waals surface area contributed by atoms with Crippen LogP contribution in [0.25, 0.3) is 60.8 Å². The Morgan fingerprint density at radius 1 is 0.493 bits per heavy atom. The van der Waals surface area contributed by atoms with E-state index >= 15 is 0 Å². The quantitative estimate of drug-likeness (QED) is 0.149. The molecule has 0 saturated carbocycles. The fraction of sp³-hybridized carbons (Fsp3) is 0.147. The molecule has 2 atom stereocenters. The van der Waals surface area contributed by atoms with Crippen molar-refractivity contribution in [1.29, 1.82) is 0 Å². The summed E-state index contributed by atoms with van der Waals surface area (Å²) in [6.45, 7) is 7.22. The molecule has 9 aromatic carbocycles.